The van der Waals surface area contributed by atoms with Crippen LogP contribution in [0.2, 0.25) is 0 Å². The Kier molecular flexibility index (Phi) is 6.12. The van der Waals surface area contributed by atoms with Crippen LogP contribution in [0.25, 0.3) is 0 Å². The molecule has 2 rings (SSSR count). The lowest BCUT2D eigenvalue weighted by Crippen LogP contribution is -2.35. The molecular formula is C18H29BrN2. The number of nitrogens with one attached hydrogen (secondary N) is 1. The molecule has 0 bridgehead atoms. The van der Waals surface area contributed by atoms with Gasteiger partial charge in [0.2, 0.25) is 0 Å². The summed E-state index contributed by atoms with van der Waals surface area (Å²) in [5.41, 5.74) is 2.84. The summed E-state index contributed by atoms with van der Waals surface area (Å²) in [6, 6.07) is 7.84. The van der Waals surface area contributed by atoms with Crippen LogP contribution in [0.3, 0.4) is 0 Å². The van der Waals surface area contributed by atoms with E-state index in [0.29, 0.717) is 18.0 Å². The third kappa shape index (κ3) is 4.01. The van der Waals surface area contributed by atoms with Gasteiger partial charge >= 0.3 is 0 Å². The molecule has 0 amide bonds. The van der Waals surface area contributed by atoms with Gasteiger partial charge in [-0.3, -0.25) is 0 Å². The fraction of sp³-hybridized carbons (Fsp3) is 0.667. The highest BCUT2D eigenvalue weighted by Crippen LogP contribution is 2.36. The molecule has 3 heteroatoms. The molecule has 1 fully saturated rings. The maximum Gasteiger partial charge on any atom is 0.0428 e. The number of halogens is 1. The first-order valence-corrected chi connectivity index (χ1v) is 9.13. The highest BCUT2D eigenvalue weighted by Gasteiger charge is 2.29. The van der Waals surface area contributed by atoms with Crippen molar-refractivity contribution in [2.75, 3.05) is 18.0 Å². The Balaban J connectivity index is 2.30. The molecule has 2 atom stereocenters. The molecule has 1 aromatic rings. The maximum absolute atomic E-state index is 3.66. The monoisotopic (exact) mass is 352 g/mol. The first-order valence-electron chi connectivity index (χ1n) is 8.34. The largest absolute Gasteiger partial charge is 0.368 e. The van der Waals surface area contributed by atoms with E-state index in [-0.39, 0.29) is 0 Å². The number of rotatable bonds is 6. The summed E-state index contributed by atoms with van der Waals surface area (Å²) < 4.78 is 1.18. The third-order valence-corrected chi connectivity index (χ3v) is 5.03. The normalized spacial score (nSPS) is 20.3. The van der Waals surface area contributed by atoms with Crippen molar-refractivity contribution in [1.29, 1.82) is 0 Å². The molecule has 1 N–H and O–H groups in total. The molecule has 1 aliphatic heterocycles. The van der Waals surface area contributed by atoms with Crippen LogP contribution in [-0.2, 0) is 0 Å². The molecule has 0 aromatic heterocycles. The zero-order valence-corrected chi connectivity index (χ0v) is 15.4. The predicted molar refractivity (Wildman–Crippen MR) is 96.1 cm³/mol. The van der Waals surface area contributed by atoms with Gasteiger partial charge in [0, 0.05) is 28.8 Å². The van der Waals surface area contributed by atoms with Crippen LogP contribution >= 0.6 is 15.9 Å². The third-order valence-electron chi connectivity index (χ3n) is 4.54. The van der Waals surface area contributed by atoms with Crippen LogP contribution in [0.15, 0.2) is 22.7 Å². The summed E-state index contributed by atoms with van der Waals surface area (Å²) in [5, 5.41) is 3.63. The Hall–Kier alpha value is -0.540. The summed E-state index contributed by atoms with van der Waals surface area (Å²) in [5.74, 6) is 0.707. The average molecular weight is 353 g/mol. The van der Waals surface area contributed by atoms with Crippen molar-refractivity contribution in [2.45, 2.75) is 59.0 Å². The summed E-state index contributed by atoms with van der Waals surface area (Å²) in [6.07, 6.45) is 3.81. The minimum Gasteiger partial charge on any atom is -0.368 e. The van der Waals surface area contributed by atoms with Gasteiger partial charge in [0.05, 0.1) is 0 Å². The first-order chi connectivity index (χ1) is 10.0. The van der Waals surface area contributed by atoms with Crippen molar-refractivity contribution >= 4 is 21.6 Å². The Bertz CT molecular complexity index is 459. The quantitative estimate of drug-likeness (QED) is 0.762. The SMILES string of the molecule is CCCNC(C)c1ccc(Br)cc1N1CCCC1C(C)C. The van der Waals surface area contributed by atoms with Crippen molar-refractivity contribution in [1.82, 2.24) is 5.32 Å². The molecule has 1 aromatic carbocycles. The summed E-state index contributed by atoms with van der Waals surface area (Å²) in [7, 11) is 0. The van der Waals surface area contributed by atoms with Crippen LogP contribution < -0.4 is 10.2 Å². The van der Waals surface area contributed by atoms with E-state index in [4.69, 9.17) is 0 Å². The smallest absolute Gasteiger partial charge is 0.0428 e. The van der Waals surface area contributed by atoms with E-state index in [1.54, 1.807) is 0 Å². The van der Waals surface area contributed by atoms with E-state index in [1.807, 2.05) is 0 Å². The molecule has 1 heterocycles. The maximum atomic E-state index is 3.66. The average Bonchev–Trinajstić information content (AvgIpc) is 2.94. The second-order valence-corrected chi connectivity index (χ2v) is 7.44. The van der Waals surface area contributed by atoms with Crippen molar-refractivity contribution in [2.24, 2.45) is 5.92 Å². The molecule has 0 aliphatic carbocycles. The van der Waals surface area contributed by atoms with Gasteiger partial charge in [-0.15, -0.1) is 0 Å². The minimum atomic E-state index is 0.404. The zero-order chi connectivity index (χ0) is 15.4. The Morgan fingerprint density at radius 1 is 1.33 bits per heavy atom. The molecule has 0 saturated carbocycles. The molecule has 1 aliphatic rings. The lowest BCUT2D eigenvalue weighted by molar-refractivity contribution is 0.488. The van der Waals surface area contributed by atoms with Crippen molar-refractivity contribution in [3.05, 3.63) is 28.2 Å². The Morgan fingerprint density at radius 3 is 2.76 bits per heavy atom. The number of anilines is 1. The minimum absolute atomic E-state index is 0.404. The summed E-state index contributed by atoms with van der Waals surface area (Å²) in [6.45, 7) is 11.5. The van der Waals surface area contributed by atoms with Crippen molar-refractivity contribution in [3.63, 3.8) is 0 Å². The van der Waals surface area contributed by atoms with Crippen molar-refractivity contribution < 1.29 is 0 Å². The summed E-state index contributed by atoms with van der Waals surface area (Å²) in [4.78, 5) is 2.63. The van der Waals surface area contributed by atoms with Crippen LogP contribution in [0.1, 0.15) is 58.6 Å². The molecule has 118 valence electrons. The zero-order valence-electron chi connectivity index (χ0n) is 13.8. The Morgan fingerprint density at radius 2 is 2.10 bits per heavy atom. The van der Waals surface area contributed by atoms with Gasteiger partial charge in [-0.2, -0.15) is 0 Å². The molecule has 0 spiro atoms. The summed E-state index contributed by atoms with van der Waals surface area (Å²) >= 11 is 3.66. The molecular weight excluding hydrogens is 324 g/mol. The second kappa shape index (κ2) is 7.64. The van der Waals surface area contributed by atoms with Gasteiger partial charge in [-0.05, 0) is 56.3 Å². The molecule has 1 saturated heterocycles. The van der Waals surface area contributed by atoms with E-state index in [1.165, 1.54) is 41.5 Å². The van der Waals surface area contributed by atoms with Crippen LogP contribution in [0.5, 0.6) is 0 Å². The highest BCUT2D eigenvalue weighted by molar-refractivity contribution is 9.10. The number of hydrogen-bond acceptors (Lipinski definition) is 2. The lowest BCUT2D eigenvalue weighted by atomic mass is 9.99. The number of benzene rings is 1. The fourth-order valence-electron chi connectivity index (χ4n) is 3.39. The van der Waals surface area contributed by atoms with Gasteiger partial charge < -0.3 is 10.2 Å². The topological polar surface area (TPSA) is 15.3 Å². The van der Waals surface area contributed by atoms with Gasteiger partial charge in [0.1, 0.15) is 0 Å². The van der Waals surface area contributed by atoms with Gasteiger partial charge in [-0.25, -0.2) is 0 Å². The van der Waals surface area contributed by atoms with Crippen LogP contribution in [0, 0.1) is 5.92 Å². The number of hydrogen-bond donors (Lipinski definition) is 1. The first kappa shape index (κ1) is 16.8. The molecule has 2 nitrogen and oxygen atoms in total. The Labute approximate surface area is 138 Å². The van der Waals surface area contributed by atoms with Crippen LogP contribution in [0.4, 0.5) is 5.69 Å². The number of nitrogens with zero attached hydrogens (tertiary/aromatic N) is 1. The molecule has 21 heavy (non-hydrogen) atoms. The standard InChI is InChI=1S/C18H29BrN2/c1-5-10-20-14(4)16-9-8-15(19)12-18(16)21-11-6-7-17(21)13(2)3/h8-9,12-14,17,20H,5-7,10-11H2,1-4H3. The molecule has 2 unspecified atom stereocenters. The highest BCUT2D eigenvalue weighted by atomic mass is 79.9. The van der Waals surface area contributed by atoms with Gasteiger partial charge in [-0.1, -0.05) is 42.8 Å². The van der Waals surface area contributed by atoms with Crippen LogP contribution in [-0.4, -0.2) is 19.1 Å². The molecule has 0 radical (unpaired) electrons. The lowest BCUT2D eigenvalue weighted by Gasteiger charge is -2.33. The van der Waals surface area contributed by atoms with Gasteiger partial charge in [0.15, 0.2) is 0 Å². The van der Waals surface area contributed by atoms with Crippen molar-refractivity contribution in [3.8, 4) is 0 Å². The second-order valence-electron chi connectivity index (χ2n) is 6.53. The van der Waals surface area contributed by atoms with E-state index < -0.39 is 0 Å². The van der Waals surface area contributed by atoms with E-state index in [0.717, 1.165) is 6.54 Å². The predicted octanol–water partition coefficient (Wildman–Crippen LogP) is 5.13. The van der Waals surface area contributed by atoms with E-state index >= 15 is 0 Å². The van der Waals surface area contributed by atoms with E-state index in [9.17, 15) is 0 Å². The van der Waals surface area contributed by atoms with Gasteiger partial charge in [0.25, 0.3) is 0 Å². The van der Waals surface area contributed by atoms with E-state index in [2.05, 4.69) is 72.0 Å². The fourth-order valence-corrected chi connectivity index (χ4v) is 3.74.